The van der Waals surface area contributed by atoms with E-state index >= 15 is 0 Å². The van der Waals surface area contributed by atoms with E-state index in [0.717, 1.165) is 6.07 Å². The van der Waals surface area contributed by atoms with E-state index in [4.69, 9.17) is 20.3 Å². The van der Waals surface area contributed by atoms with Crippen molar-refractivity contribution in [3.05, 3.63) is 23.3 Å². The number of halogens is 2. The minimum Gasteiger partial charge on any atom is -0.493 e. The van der Waals surface area contributed by atoms with Gasteiger partial charge in [-0.15, -0.1) is 0 Å². The summed E-state index contributed by atoms with van der Waals surface area (Å²) in [6, 6.07) is 1.13. The van der Waals surface area contributed by atoms with Crippen LogP contribution >= 0.6 is 0 Å². The summed E-state index contributed by atoms with van der Waals surface area (Å²) >= 11 is 0. The molecule has 0 aliphatic rings. The smallest absolute Gasteiger partial charge is 0.320 e. The predicted molar refractivity (Wildman–Crippen MR) is 63.8 cm³/mol. The van der Waals surface area contributed by atoms with E-state index in [2.05, 4.69) is 0 Å². The fraction of sp³-hybridized carbons (Fsp3) is 0.417. The summed E-state index contributed by atoms with van der Waals surface area (Å²) < 4.78 is 35.5. The van der Waals surface area contributed by atoms with Gasteiger partial charge in [-0.2, -0.15) is 0 Å². The lowest BCUT2D eigenvalue weighted by Crippen LogP contribution is -2.32. The first-order valence-electron chi connectivity index (χ1n) is 5.42. The van der Waals surface area contributed by atoms with Crippen molar-refractivity contribution < 1.29 is 28.2 Å². The van der Waals surface area contributed by atoms with Crippen molar-refractivity contribution in [1.82, 2.24) is 0 Å². The molecule has 0 aromatic heterocycles. The molecule has 0 spiro atoms. The number of hydrogen-bond donors (Lipinski definition) is 2. The summed E-state index contributed by atoms with van der Waals surface area (Å²) in [4.78, 5) is 10.7. The average molecular weight is 275 g/mol. The van der Waals surface area contributed by atoms with Gasteiger partial charge in [-0.3, -0.25) is 4.79 Å². The van der Waals surface area contributed by atoms with Crippen LogP contribution in [0.3, 0.4) is 0 Å². The summed E-state index contributed by atoms with van der Waals surface area (Å²) in [5, 5.41) is 8.77. The minimum absolute atomic E-state index is 0.118. The standard InChI is InChI=1S/C12H15F2NO4/c1-18-9-5-7(11(13)14)3-6(10(9)19-2)4-8(15)12(16)17/h3,5,8,11H,4,15H2,1-2H3,(H,16,17). The summed E-state index contributed by atoms with van der Waals surface area (Å²) in [5.74, 6) is -0.889. The van der Waals surface area contributed by atoms with Crippen LogP contribution in [0.15, 0.2) is 12.1 Å². The van der Waals surface area contributed by atoms with Crippen LogP contribution in [-0.2, 0) is 11.2 Å². The molecule has 0 saturated carbocycles. The quantitative estimate of drug-likeness (QED) is 0.824. The van der Waals surface area contributed by atoms with E-state index in [1.165, 1.54) is 20.3 Å². The van der Waals surface area contributed by atoms with Gasteiger partial charge in [-0.1, -0.05) is 0 Å². The number of benzene rings is 1. The van der Waals surface area contributed by atoms with Crippen LogP contribution in [-0.4, -0.2) is 31.3 Å². The first-order chi connectivity index (χ1) is 8.90. The number of nitrogens with two attached hydrogens (primary N) is 1. The van der Waals surface area contributed by atoms with E-state index in [1.54, 1.807) is 0 Å². The third kappa shape index (κ3) is 3.54. The molecule has 7 heteroatoms. The van der Waals surface area contributed by atoms with Gasteiger partial charge in [0.1, 0.15) is 6.04 Å². The second-order valence-corrected chi connectivity index (χ2v) is 3.87. The Kier molecular flexibility index (Phi) is 5.05. The molecule has 1 unspecified atom stereocenters. The Morgan fingerprint density at radius 1 is 1.37 bits per heavy atom. The summed E-state index contributed by atoms with van der Waals surface area (Å²) in [6.07, 6.45) is -2.82. The predicted octanol–water partition coefficient (Wildman–Crippen LogP) is 1.60. The monoisotopic (exact) mass is 275 g/mol. The molecule has 0 aliphatic carbocycles. The van der Waals surface area contributed by atoms with E-state index in [0.29, 0.717) is 0 Å². The third-order valence-corrected chi connectivity index (χ3v) is 2.59. The zero-order valence-electron chi connectivity index (χ0n) is 10.5. The number of ether oxygens (including phenoxy) is 2. The molecule has 1 rings (SSSR count). The van der Waals surface area contributed by atoms with Gasteiger partial charge in [0.15, 0.2) is 11.5 Å². The van der Waals surface area contributed by atoms with E-state index in [-0.39, 0.29) is 29.0 Å². The number of carboxylic acids is 1. The van der Waals surface area contributed by atoms with Crippen LogP contribution in [0, 0.1) is 0 Å². The van der Waals surface area contributed by atoms with Crippen molar-refractivity contribution in [2.45, 2.75) is 18.9 Å². The highest BCUT2D eigenvalue weighted by Crippen LogP contribution is 2.36. The molecule has 0 aliphatic heterocycles. The highest BCUT2D eigenvalue weighted by atomic mass is 19.3. The van der Waals surface area contributed by atoms with Gasteiger partial charge in [0, 0.05) is 17.5 Å². The molecule has 19 heavy (non-hydrogen) atoms. The van der Waals surface area contributed by atoms with Gasteiger partial charge >= 0.3 is 5.97 Å². The maximum absolute atomic E-state index is 12.8. The average Bonchev–Trinajstić information content (AvgIpc) is 2.37. The molecule has 0 bridgehead atoms. The Labute approximate surface area is 108 Å². The van der Waals surface area contributed by atoms with Gasteiger partial charge in [-0.25, -0.2) is 8.78 Å². The summed E-state index contributed by atoms with van der Waals surface area (Å²) in [5.41, 5.74) is 5.40. The zero-order valence-corrected chi connectivity index (χ0v) is 10.5. The molecule has 0 heterocycles. The van der Waals surface area contributed by atoms with Crippen LogP contribution in [0.1, 0.15) is 17.6 Å². The number of hydrogen-bond acceptors (Lipinski definition) is 4. The fourth-order valence-corrected chi connectivity index (χ4v) is 1.67. The number of methoxy groups -OCH3 is 2. The Morgan fingerprint density at radius 3 is 2.42 bits per heavy atom. The Morgan fingerprint density at radius 2 is 2.00 bits per heavy atom. The molecule has 0 saturated heterocycles. The normalized spacial score (nSPS) is 12.3. The van der Waals surface area contributed by atoms with Gasteiger partial charge in [0.2, 0.25) is 0 Å². The third-order valence-electron chi connectivity index (χ3n) is 2.59. The molecule has 106 valence electrons. The van der Waals surface area contributed by atoms with Gasteiger partial charge in [0.05, 0.1) is 14.2 Å². The first kappa shape index (κ1) is 15.2. The topological polar surface area (TPSA) is 81.8 Å². The van der Waals surface area contributed by atoms with Crippen LogP contribution < -0.4 is 15.2 Å². The molecule has 0 amide bonds. The molecule has 1 aromatic rings. The lowest BCUT2D eigenvalue weighted by atomic mass is 10.0. The number of carboxylic acid groups (broad SMARTS) is 1. The lowest BCUT2D eigenvalue weighted by Gasteiger charge is -2.16. The van der Waals surface area contributed by atoms with E-state index < -0.39 is 18.4 Å². The highest BCUT2D eigenvalue weighted by Gasteiger charge is 2.21. The number of aliphatic carboxylic acids is 1. The van der Waals surface area contributed by atoms with Gasteiger partial charge < -0.3 is 20.3 Å². The molecule has 1 atom stereocenters. The fourth-order valence-electron chi connectivity index (χ4n) is 1.67. The second-order valence-electron chi connectivity index (χ2n) is 3.87. The second kappa shape index (κ2) is 6.33. The zero-order chi connectivity index (χ0) is 14.6. The maximum Gasteiger partial charge on any atom is 0.320 e. The molecule has 3 N–H and O–H groups in total. The van der Waals surface area contributed by atoms with Crippen molar-refractivity contribution >= 4 is 5.97 Å². The van der Waals surface area contributed by atoms with Crippen LogP contribution in [0.25, 0.3) is 0 Å². The first-order valence-corrected chi connectivity index (χ1v) is 5.42. The summed E-state index contributed by atoms with van der Waals surface area (Å²) in [6.45, 7) is 0. The van der Waals surface area contributed by atoms with E-state index in [9.17, 15) is 13.6 Å². The molecule has 5 nitrogen and oxygen atoms in total. The van der Waals surface area contributed by atoms with Crippen molar-refractivity contribution in [2.75, 3.05) is 14.2 Å². The van der Waals surface area contributed by atoms with Crippen molar-refractivity contribution in [3.8, 4) is 11.5 Å². The largest absolute Gasteiger partial charge is 0.493 e. The van der Waals surface area contributed by atoms with E-state index in [1.807, 2.05) is 0 Å². The number of rotatable bonds is 6. The van der Waals surface area contributed by atoms with Crippen LogP contribution in [0.2, 0.25) is 0 Å². The van der Waals surface area contributed by atoms with Crippen LogP contribution in [0.5, 0.6) is 11.5 Å². The molecule has 0 radical (unpaired) electrons. The summed E-state index contributed by atoms with van der Waals surface area (Å²) in [7, 11) is 2.66. The molecule has 0 fully saturated rings. The molecular formula is C12H15F2NO4. The van der Waals surface area contributed by atoms with Crippen molar-refractivity contribution in [2.24, 2.45) is 5.73 Å². The Bertz CT molecular complexity index is 465. The van der Waals surface area contributed by atoms with Crippen molar-refractivity contribution in [3.63, 3.8) is 0 Å². The van der Waals surface area contributed by atoms with Gasteiger partial charge in [-0.05, 0) is 12.1 Å². The SMILES string of the molecule is COc1cc(C(F)F)cc(CC(N)C(=O)O)c1OC. The van der Waals surface area contributed by atoms with Crippen LogP contribution in [0.4, 0.5) is 8.78 Å². The lowest BCUT2D eigenvalue weighted by molar-refractivity contribution is -0.138. The Balaban J connectivity index is 3.25. The molecule has 1 aromatic carbocycles. The number of alkyl halides is 2. The molecular weight excluding hydrogens is 260 g/mol. The minimum atomic E-state index is -2.69. The maximum atomic E-state index is 12.8. The van der Waals surface area contributed by atoms with Crippen molar-refractivity contribution in [1.29, 1.82) is 0 Å². The highest BCUT2D eigenvalue weighted by molar-refractivity contribution is 5.74. The van der Waals surface area contributed by atoms with Gasteiger partial charge in [0.25, 0.3) is 6.43 Å². The number of carbonyl (C=O) groups is 1. The Hall–Kier alpha value is -1.89.